The van der Waals surface area contributed by atoms with E-state index in [9.17, 15) is 9.18 Å². The third-order valence-corrected chi connectivity index (χ3v) is 5.16. The predicted octanol–water partition coefficient (Wildman–Crippen LogP) is 4.57. The molecule has 2 N–H and O–H groups in total. The quantitative estimate of drug-likeness (QED) is 0.726. The normalized spacial score (nSPS) is 12.6. The molecular formula is C16H15ClFN3OS. The van der Waals surface area contributed by atoms with Crippen LogP contribution in [0.4, 0.5) is 10.1 Å². The van der Waals surface area contributed by atoms with Gasteiger partial charge in [0.05, 0.1) is 16.5 Å². The van der Waals surface area contributed by atoms with Gasteiger partial charge >= 0.3 is 0 Å². The van der Waals surface area contributed by atoms with E-state index in [1.54, 1.807) is 6.07 Å². The van der Waals surface area contributed by atoms with Gasteiger partial charge in [0.25, 0.3) is 5.56 Å². The highest BCUT2D eigenvalue weighted by molar-refractivity contribution is 7.18. The summed E-state index contributed by atoms with van der Waals surface area (Å²) in [7, 11) is 0. The standard InChI is InChI=1S/C16H15ClFN3OS/c1-7-9(3)23-16-13(7)15(22)20-14(21-16)8(2)19-10-4-5-12(18)11(17)6-10/h4-6,8,19H,1-3H3,(H,20,21,22)/t8-/m0/s1. The van der Waals surface area contributed by atoms with Crippen molar-refractivity contribution >= 4 is 38.8 Å². The maximum absolute atomic E-state index is 13.2. The van der Waals surface area contributed by atoms with Crippen LogP contribution in [0.3, 0.4) is 0 Å². The zero-order chi connectivity index (χ0) is 16.7. The summed E-state index contributed by atoms with van der Waals surface area (Å²) in [6, 6.07) is 4.14. The lowest BCUT2D eigenvalue weighted by molar-refractivity contribution is 0.628. The van der Waals surface area contributed by atoms with Crippen LogP contribution in [0.5, 0.6) is 0 Å². The van der Waals surface area contributed by atoms with Gasteiger partial charge in [0.1, 0.15) is 16.5 Å². The fraction of sp³-hybridized carbons (Fsp3) is 0.250. The molecule has 23 heavy (non-hydrogen) atoms. The number of rotatable bonds is 3. The van der Waals surface area contributed by atoms with Gasteiger partial charge < -0.3 is 10.3 Å². The van der Waals surface area contributed by atoms with Gasteiger partial charge in [-0.2, -0.15) is 0 Å². The molecule has 0 aliphatic carbocycles. The summed E-state index contributed by atoms with van der Waals surface area (Å²) in [5, 5.41) is 3.85. The second-order valence-electron chi connectivity index (χ2n) is 5.41. The topological polar surface area (TPSA) is 57.8 Å². The Morgan fingerprint density at radius 2 is 2.13 bits per heavy atom. The highest BCUT2D eigenvalue weighted by Gasteiger charge is 2.15. The molecule has 0 bridgehead atoms. The Bertz CT molecular complexity index is 950. The van der Waals surface area contributed by atoms with E-state index in [1.165, 1.54) is 23.5 Å². The molecule has 1 atom stereocenters. The van der Waals surface area contributed by atoms with Crippen LogP contribution < -0.4 is 10.9 Å². The molecule has 2 aromatic heterocycles. The van der Waals surface area contributed by atoms with Gasteiger partial charge in [0, 0.05) is 10.6 Å². The second-order valence-corrected chi connectivity index (χ2v) is 7.02. The highest BCUT2D eigenvalue weighted by Crippen LogP contribution is 2.27. The van der Waals surface area contributed by atoms with E-state index in [2.05, 4.69) is 15.3 Å². The number of anilines is 1. The number of aromatic nitrogens is 2. The molecule has 0 unspecified atom stereocenters. The molecule has 0 aliphatic heterocycles. The van der Waals surface area contributed by atoms with Crippen molar-refractivity contribution in [3.63, 3.8) is 0 Å². The Morgan fingerprint density at radius 3 is 2.83 bits per heavy atom. The molecule has 0 saturated carbocycles. The summed E-state index contributed by atoms with van der Waals surface area (Å²) < 4.78 is 13.2. The van der Waals surface area contributed by atoms with Crippen LogP contribution in [-0.2, 0) is 0 Å². The molecule has 120 valence electrons. The van der Waals surface area contributed by atoms with Crippen LogP contribution in [0.1, 0.15) is 29.2 Å². The third kappa shape index (κ3) is 2.96. The van der Waals surface area contributed by atoms with E-state index in [0.29, 0.717) is 16.9 Å². The van der Waals surface area contributed by atoms with Crippen LogP contribution in [0.2, 0.25) is 5.02 Å². The first-order valence-electron chi connectivity index (χ1n) is 7.08. The number of benzene rings is 1. The first-order chi connectivity index (χ1) is 10.9. The highest BCUT2D eigenvalue weighted by atomic mass is 35.5. The number of fused-ring (bicyclic) bond motifs is 1. The van der Waals surface area contributed by atoms with E-state index in [0.717, 1.165) is 15.3 Å². The maximum Gasteiger partial charge on any atom is 0.259 e. The second kappa shape index (κ2) is 5.94. The van der Waals surface area contributed by atoms with E-state index >= 15 is 0 Å². The Hall–Kier alpha value is -1.92. The van der Waals surface area contributed by atoms with Crippen LogP contribution in [0, 0.1) is 19.7 Å². The van der Waals surface area contributed by atoms with Crippen molar-refractivity contribution in [3.8, 4) is 0 Å². The summed E-state index contributed by atoms with van der Waals surface area (Å²) in [4.78, 5) is 21.5. The van der Waals surface area contributed by atoms with Gasteiger partial charge in [-0.05, 0) is 44.5 Å². The van der Waals surface area contributed by atoms with Crippen LogP contribution in [0.25, 0.3) is 10.2 Å². The lowest BCUT2D eigenvalue weighted by atomic mass is 10.2. The number of aryl methyl sites for hydroxylation is 2. The van der Waals surface area contributed by atoms with Crippen LogP contribution >= 0.6 is 22.9 Å². The van der Waals surface area contributed by atoms with Crippen molar-refractivity contribution in [2.45, 2.75) is 26.8 Å². The minimum atomic E-state index is -0.470. The fourth-order valence-corrected chi connectivity index (χ4v) is 3.60. The summed E-state index contributed by atoms with van der Waals surface area (Å²) in [6.07, 6.45) is 0. The van der Waals surface area contributed by atoms with Gasteiger partial charge in [0.2, 0.25) is 0 Å². The summed E-state index contributed by atoms with van der Waals surface area (Å²) in [5.74, 6) is 0.0616. The Labute approximate surface area is 141 Å². The zero-order valence-electron chi connectivity index (χ0n) is 12.8. The molecule has 1 aromatic carbocycles. The average molecular weight is 352 g/mol. The molecular weight excluding hydrogens is 337 g/mol. The molecule has 0 saturated heterocycles. The average Bonchev–Trinajstić information content (AvgIpc) is 2.78. The molecule has 0 aliphatic rings. The number of nitrogens with one attached hydrogen (secondary N) is 2. The summed E-state index contributed by atoms with van der Waals surface area (Å²) >= 11 is 7.29. The minimum Gasteiger partial charge on any atom is -0.375 e. The molecule has 0 fully saturated rings. The Kier molecular flexibility index (Phi) is 4.12. The number of hydrogen-bond donors (Lipinski definition) is 2. The van der Waals surface area contributed by atoms with Gasteiger partial charge in [0.15, 0.2) is 0 Å². The van der Waals surface area contributed by atoms with E-state index in [4.69, 9.17) is 11.6 Å². The van der Waals surface area contributed by atoms with Gasteiger partial charge in [-0.25, -0.2) is 9.37 Å². The van der Waals surface area contributed by atoms with Crippen molar-refractivity contribution in [1.82, 2.24) is 9.97 Å². The molecule has 4 nitrogen and oxygen atoms in total. The summed E-state index contributed by atoms with van der Waals surface area (Å²) in [6.45, 7) is 5.77. The summed E-state index contributed by atoms with van der Waals surface area (Å²) in [5.41, 5.74) is 1.49. The third-order valence-electron chi connectivity index (χ3n) is 3.77. The molecule has 3 rings (SSSR count). The van der Waals surface area contributed by atoms with Crippen molar-refractivity contribution in [2.24, 2.45) is 0 Å². The number of aromatic amines is 1. The van der Waals surface area contributed by atoms with E-state index in [-0.39, 0.29) is 16.6 Å². The van der Waals surface area contributed by atoms with E-state index < -0.39 is 5.82 Å². The van der Waals surface area contributed by atoms with Crippen molar-refractivity contribution in [3.05, 3.63) is 55.7 Å². The number of thiophene rings is 1. The van der Waals surface area contributed by atoms with Gasteiger partial charge in [-0.1, -0.05) is 11.6 Å². The largest absolute Gasteiger partial charge is 0.375 e. The first-order valence-corrected chi connectivity index (χ1v) is 8.27. The van der Waals surface area contributed by atoms with Crippen LogP contribution in [0.15, 0.2) is 23.0 Å². The van der Waals surface area contributed by atoms with Crippen molar-refractivity contribution in [1.29, 1.82) is 0 Å². The zero-order valence-corrected chi connectivity index (χ0v) is 14.4. The lowest BCUT2D eigenvalue weighted by Gasteiger charge is -2.14. The number of halogens is 2. The monoisotopic (exact) mass is 351 g/mol. The number of nitrogens with zero attached hydrogens (tertiary/aromatic N) is 1. The van der Waals surface area contributed by atoms with Crippen molar-refractivity contribution < 1.29 is 4.39 Å². The molecule has 7 heteroatoms. The molecule has 0 radical (unpaired) electrons. The number of hydrogen-bond acceptors (Lipinski definition) is 4. The van der Waals surface area contributed by atoms with E-state index in [1.807, 2.05) is 20.8 Å². The van der Waals surface area contributed by atoms with Crippen LogP contribution in [-0.4, -0.2) is 9.97 Å². The SMILES string of the molecule is Cc1sc2nc([C@H](C)Nc3ccc(F)c(Cl)c3)[nH]c(=O)c2c1C. The smallest absolute Gasteiger partial charge is 0.259 e. The van der Waals surface area contributed by atoms with Gasteiger partial charge in [-0.3, -0.25) is 4.79 Å². The van der Waals surface area contributed by atoms with Crippen molar-refractivity contribution in [2.75, 3.05) is 5.32 Å². The maximum atomic E-state index is 13.2. The molecule has 2 heterocycles. The molecule has 0 amide bonds. The first kappa shape index (κ1) is 16.0. The molecule has 3 aromatic rings. The Morgan fingerprint density at radius 1 is 1.39 bits per heavy atom. The Balaban J connectivity index is 1.96. The fourth-order valence-electron chi connectivity index (χ4n) is 2.38. The minimum absolute atomic E-state index is 0.0450. The number of H-pyrrole nitrogens is 1. The van der Waals surface area contributed by atoms with Gasteiger partial charge in [-0.15, -0.1) is 11.3 Å². The lowest BCUT2D eigenvalue weighted by Crippen LogP contribution is -2.17. The predicted molar refractivity (Wildman–Crippen MR) is 93.2 cm³/mol. The molecule has 0 spiro atoms.